The molecule has 0 spiro atoms. The Bertz CT molecular complexity index is 815. The number of hydrogen-bond acceptors (Lipinski definition) is 6. The highest BCUT2D eigenvalue weighted by Gasteiger charge is 2.33. The minimum atomic E-state index is -2.40. The summed E-state index contributed by atoms with van der Waals surface area (Å²) < 4.78 is 18.4. The molecule has 10 nitrogen and oxygen atoms in total. The summed E-state index contributed by atoms with van der Waals surface area (Å²) in [5, 5.41) is 9.49. The van der Waals surface area contributed by atoms with Gasteiger partial charge in [-0.15, -0.1) is 0 Å². The zero-order valence-corrected chi connectivity index (χ0v) is 18.4. The lowest BCUT2D eigenvalue weighted by molar-refractivity contribution is -0.145. The van der Waals surface area contributed by atoms with Crippen LogP contribution in [-0.4, -0.2) is 58.6 Å². The van der Waals surface area contributed by atoms with Crippen LogP contribution in [0.15, 0.2) is 10.6 Å². The number of aryl methyl sites for hydroxylation is 1. The molecule has 172 valence electrons. The van der Waals surface area contributed by atoms with Crippen LogP contribution in [0.1, 0.15) is 49.4 Å². The van der Waals surface area contributed by atoms with Crippen LogP contribution in [0.25, 0.3) is 0 Å². The van der Waals surface area contributed by atoms with E-state index < -0.39 is 35.3 Å². The third-order valence-corrected chi connectivity index (χ3v) is 4.97. The first kappa shape index (κ1) is 24.6. The highest BCUT2D eigenvalue weighted by molar-refractivity contribution is 6.29. The molecule has 1 aromatic heterocycles. The Labute approximate surface area is 184 Å². The van der Waals surface area contributed by atoms with Crippen molar-refractivity contribution in [3.63, 3.8) is 0 Å². The van der Waals surface area contributed by atoms with Crippen LogP contribution in [0.5, 0.6) is 0 Å². The van der Waals surface area contributed by atoms with Crippen molar-refractivity contribution < 1.29 is 28.1 Å². The molecule has 1 aromatic rings. The fourth-order valence-electron chi connectivity index (χ4n) is 3.03. The lowest BCUT2D eigenvalue weighted by Crippen LogP contribution is -2.56. The van der Waals surface area contributed by atoms with Crippen LogP contribution in [0.3, 0.4) is 0 Å². The molecule has 12 heteroatoms. The Morgan fingerprint density at radius 3 is 2.61 bits per heavy atom. The van der Waals surface area contributed by atoms with Gasteiger partial charge in [0.1, 0.15) is 11.8 Å². The van der Waals surface area contributed by atoms with Crippen molar-refractivity contribution in [2.75, 3.05) is 13.1 Å². The van der Waals surface area contributed by atoms with Gasteiger partial charge in [-0.25, -0.2) is 9.40 Å². The van der Waals surface area contributed by atoms with Gasteiger partial charge in [-0.05, 0) is 32.1 Å². The number of halogens is 2. The molecule has 1 saturated heterocycles. The van der Waals surface area contributed by atoms with Gasteiger partial charge >= 0.3 is 0 Å². The van der Waals surface area contributed by atoms with E-state index in [1.807, 2.05) is 13.8 Å². The van der Waals surface area contributed by atoms with Gasteiger partial charge in [-0.1, -0.05) is 30.6 Å². The maximum atomic E-state index is 13.5. The van der Waals surface area contributed by atoms with Crippen molar-refractivity contribution in [3.05, 3.63) is 17.5 Å². The number of carbonyl (C=O) groups is 4. The standard InChI is InChI=1S/C19H27ClFN5O5/c1-10(2)4-5-13(23-17(28)14-8-11(3)31-25-14)18(29)24-26(19(30)15(20)21)9-12-6-7-22-16(12)27/h8,10,12-13,15H,4-7,9H2,1-3H3,(H,22,27)(H,23,28)(H,24,29)/t12-,13-,15-/m0/s1. The molecule has 0 bridgehead atoms. The smallest absolute Gasteiger partial charge is 0.291 e. The van der Waals surface area contributed by atoms with Gasteiger partial charge in [0.15, 0.2) is 5.69 Å². The Balaban J connectivity index is 2.13. The number of nitrogens with zero attached hydrogens (tertiary/aromatic N) is 2. The molecule has 0 radical (unpaired) electrons. The molecule has 1 fully saturated rings. The summed E-state index contributed by atoms with van der Waals surface area (Å²) in [6.45, 7) is 5.70. The zero-order valence-electron chi connectivity index (χ0n) is 17.6. The number of carbonyl (C=O) groups excluding carboxylic acids is 4. The second kappa shape index (κ2) is 11.1. The highest BCUT2D eigenvalue weighted by atomic mass is 35.5. The van der Waals surface area contributed by atoms with E-state index in [9.17, 15) is 23.6 Å². The van der Waals surface area contributed by atoms with Crippen molar-refractivity contribution in [2.45, 2.75) is 51.7 Å². The first-order valence-electron chi connectivity index (χ1n) is 10.00. The van der Waals surface area contributed by atoms with Crippen molar-refractivity contribution in [1.82, 2.24) is 26.2 Å². The van der Waals surface area contributed by atoms with Gasteiger partial charge in [0, 0.05) is 12.6 Å². The fraction of sp³-hybridized carbons (Fsp3) is 0.632. The minimum absolute atomic E-state index is 0.0000124. The van der Waals surface area contributed by atoms with Crippen molar-refractivity contribution >= 4 is 35.2 Å². The lowest BCUT2D eigenvalue weighted by atomic mass is 10.0. The average molecular weight is 460 g/mol. The molecule has 0 aliphatic carbocycles. The number of hydrogen-bond donors (Lipinski definition) is 3. The predicted octanol–water partition coefficient (Wildman–Crippen LogP) is 1.05. The van der Waals surface area contributed by atoms with Crippen LogP contribution >= 0.6 is 11.6 Å². The minimum Gasteiger partial charge on any atom is -0.361 e. The molecule has 0 unspecified atom stereocenters. The molecule has 2 heterocycles. The van der Waals surface area contributed by atoms with Gasteiger partial charge in [0.25, 0.3) is 23.4 Å². The number of amides is 4. The van der Waals surface area contributed by atoms with E-state index in [1.54, 1.807) is 6.92 Å². The summed E-state index contributed by atoms with van der Waals surface area (Å²) in [6.07, 6.45) is 1.28. The Morgan fingerprint density at radius 1 is 1.39 bits per heavy atom. The summed E-state index contributed by atoms with van der Waals surface area (Å²) in [5.41, 5.74) is -0.0834. The van der Waals surface area contributed by atoms with Crippen molar-refractivity contribution in [2.24, 2.45) is 11.8 Å². The van der Waals surface area contributed by atoms with Gasteiger partial charge in [-0.2, -0.15) is 0 Å². The SMILES string of the molecule is Cc1cc(C(=O)N[C@@H](CCC(C)C)C(=O)NN(C[C@@H]2CCNC2=O)C(=O)[C@H](F)Cl)no1. The van der Waals surface area contributed by atoms with Gasteiger partial charge < -0.3 is 15.2 Å². The maximum absolute atomic E-state index is 13.5. The second-order valence-corrected chi connectivity index (χ2v) is 8.21. The molecular weight excluding hydrogens is 433 g/mol. The first-order valence-corrected chi connectivity index (χ1v) is 10.4. The number of nitrogens with one attached hydrogen (secondary N) is 3. The zero-order chi connectivity index (χ0) is 23.1. The summed E-state index contributed by atoms with van der Waals surface area (Å²) in [6, 6.07) is 0.385. The summed E-state index contributed by atoms with van der Waals surface area (Å²) in [7, 11) is 0. The monoisotopic (exact) mass is 459 g/mol. The van der Waals surface area contributed by atoms with Crippen LogP contribution in [0.4, 0.5) is 4.39 Å². The molecule has 3 atom stereocenters. The molecule has 1 aliphatic heterocycles. The molecule has 31 heavy (non-hydrogen) atoms. The van der Waals surface area contributed by atoms with E-state index in [-0.39, 0.29) is 30.5 Å². The molecular formula is C19H27ClFN5O5. The van der Waals surface area contributed by atoms with Crippen LogP contribution < -0.4 is 16.1 Å². The Kier molecular flexibility index (Phi) is 8.78. The first-order chi connectivity index (χ1) is 14.6. The van der Waals surface area contributed by atoms with Gasteiger partial charge in [0.2, 0.25) is 5.91 Å². The van der Waals surface area contributed by atoms with E-state index in [4.69, 9.17) is 16.1 Å². The maximum Gasteiger partial charge on any atom is 0.291 e. The lowest BCUT2D eigenvalue weighted by Gasteiger charge is -2.28. The topological polar surface area (TPSA) is 134 Å². The van der Waals surface area contributed by atoms with Crippen LogP contribution in [-0.2, 0) is 14.4 Å². The highest BCUT2D eigenvalue weighted by Crippen LogP contribution is 2.14. The third-order valence-electron chi connectivity index (χ3n) is 4.78. The largest absolute Gasteiger partial charge is 0.361 e. The second-order valence-electron chi connectivity index (χ2n) is 7.82. The average Bonchev–Trinajstić information content (AvgIpc) is 3.31. The molecule has 0 aromatic carbocycles. The quantitative estimate of drug-likeness (QED) is 0.373. The van der Waals surface area contributed by atoms with E-state index in [2.05, 4.69) is 21.2 Å². The number of hydrazine groups is 1. The molecule has 2 rings (SSSR count). The molecule has 1 aliphatic rings. The number of alkyl halides is 2. The van der Waals surface area contributed by atoms with E-state index in [0.717, 1.165) is 0 Å². The fourth-order valence-corrected chi connectivity index (χ4v) is 3.15. The van der Waals surface area contributed by atoms with Crippen molar-refractivity contribution in [1.29, 1.82) is 0 Å². The van der Waals surface area contributed by atoms with Crippen LogP contribution in [0.2, 0.25) is 0 Å². The van der Waals surface area contributed by atoms with Gasteiger partial charge in [-0.3, -0.25) is 24.6 Å². The van der Waals surface area contributed by atoms with Crippen molar-refractivity contribution in [3.8, 4) is 0 Å². The van der Waals surface area contributed by atoms with Crippen LogP contribution in [0, 0.1) is 18.8 Å². The van der Waals surface area contributed by atoms with E-state index in [0.29, 0.717) is 30.2 Å². The normalized spacial score (nSPS) is 17.7. The molecule has 4 amide bonds. The summed E-state index contributed by atoms with van der Waals surface area (Å²) >= 11 is 5.28. The summed E-state index contributed by atoms with van der Waals surface area (Å²) in [5.74, 6) is -2.82. The predicted molar refractivity (Wildman–Crippen MR) is 108 cm³/mol. The van der Waals surface area contributed by atoms with E-state index in [1.165, 1.54) is 6.07 Å². The summed E-state index contributed by atoms with van der Waals surface area (Å²) in [4.78, 5) is 49.3. The molecule has 3 N–H and O–H groups in total. The number of aromatic nitrogens is 1. The Morgan fingerprint density at radius 2 is 2.10 bits per heavy atom. The third kappa shape index (κ3) is 7.20. The van der Waals surface area contributed by atoms with Gasteiger partial charge in [0.05, 0.1) is 12.5 Å². The Hall–Kier alpha value is -2.69. The molecule has 0 saturated carbocycles. The number of rotatable bonds is 9. The van der Waals surface area contributed by atoms with E-state index >= 15 is 0 Å².